The molecule has 4 rings (SSSR count). The van der Waals surface area contributed by atoms with Gasteiger partial charge in [0.05, 0.1) is 6.42 Å². The van der Waals surface area contributed by atoms with Crippen molar-refractivity contribution < 1.29 is 19.0 Å². The fourth-order valence-corrected chi connectivity index (χ4v) is 3.73. The maximum Gasteiger partial charge on any atom is 0.311 e. The molecule has 1 aromatic rings. The molecule has 1 atom stereocenters. The zero-order valence-corrected chi connectivity index (χ0v) is 11.4. The second kappa shape index (κ2) is 4.69. The van der Waals surface area contributed by atoms with E-state index < -0.39 is 0 Å². The van der Waals surface area contributed by atoms with Crippen LogP contribution in [0, 0.1) is 5.92 Å². The lowest BCUT2D eigenvalue weighted by Crippen LogP contribution is -2.26. The van der Waals surface area contributed by atoms with E-state index in [1.807, 2.05) is 12.1 Å². The van der Waals surface area contributed by atoms with Crippen LogP contribution in [0.2, 0.25) is 0 Å². The summed E-state index contributed by atoms with van der Waals surface area (Å²) in [4.78, 5) is 11.9. The van der Waals surface area contributed by atoms with Gasteiger partial charge in [0.2, 0.25) is 6.79 Å². The first kappa shape index (κ1) is 12.1. The van der Waals surface area contributed by atoms with E-state index in [1.54, 1.807) is 0 Å². The average Bonchev–Trinajstić information content (AvgIpc) is 2.92. The lowest BCUT2D eigenvalue weighted by Gasteiger charge is -2.33. The molecule has 20 heavy (non-hydrogen) atoms. The Kier molecular flexibility index (Phi) is 2.83. The third kappa shape index (κ3) is 1.94. The molecule has 0 N–H and O–H groups in total. The molecule has 106 valence electrons. The van der Waals surface area contributed by atoms with E-state index >= 15 is 0 Å². The first-order chi connectivity index (χ1) is 9.81. The summed E-state index contributed by atoms with van der Waals surface area (Å²) in [6, 6.07) is 3.83. The van der Waals surface area contributed by atoms with E-state index in [-0.39, 0.29) is 18.7 Å². The Balaban J connectivity index is 1.73. The van der Waals surface area contributed by atoms with Gasteiger partial charge in [0.25, 0.3) is 0 Å². The van der Waals surface area contributed by atoms with Crippen LogP contribution in [0.3, 0.4) is 0 Å². The minimum atomic E-state index is -0.119. The first-order valence-corrected chi connectivity index (χ1v) is 7.45. The molecular weight excluding hydrogens is 256 g/mol. The van der Waals surface area contributed by atoms with Crippen molar-refractivity contribution in [3.63, 3.8) is 0 Å². The van der Waals surface area contributed by atoms with Crippen LogP contribution in [-0.4, -0.2) is 12.8 Å². The molecule has 0 radical (unpaired) electrons. The molecule has 0 saturated heterocycles. The standard InChI is InChI=1S/C16H18O4/c17-16-7-11(10-4-2-1-3-5-10)12-6-14-15(19-9-18-14)8-13(12)20-16/h6,8,10-11H,1-5,7,9H2/t11-/m1/s1. The molecule has 3 aliphatic rings. The summed E-state index contributed by atoms with van der Waals surface area (Å²) < 4.78 is 16.2. The number of ether oxygens (including phenoxy) is 3. The van der Waals surface area contributed by atoms with Crippen LogP contribution >= 0.6 is 0 Å². The summed E-state index contributed by atoms with van der Waals surface area (Å²) in [6.07, 6.45) is 6.79. The van der Waals surface area contributed by atoms with Crippen molar-refractivity contribution in [2.75, 3.05) is 6.79 Å². The van der Waals surface area contributed by atoms with Gasteiger partial charge in [-0.3, -0.25) is 4.79 Å². The van der Waals surface area contributed by atoms with Crippen molar-refractivity contribution in [3.8, 4) is 17.2 Å². The van der Waals surface area contributed by atoms with E-state index in [9.17, 15) is 4.79 Å². The quantitative estimate of drug-likeness (QED) is 0.581. The number of fused-ring (bicyclic) bond motifs is 2. The van der Waals surface area contributed by atoms with Gasteiger partial charge < -0.3 is 14.2 Å². The summed E-state index contributed by atoms with van der Waals surface area (Å²) in [5, 5.41) is 0. The zero-order chi connectivity index (χ0) is 13.5. The molecule has 2 heterocycles. The van der Waals surface area contributed by atoms with Gasteiger partial charge >= 0.3 is 5.97 Å². The van der Waals surface area contributed by atoms with E-state index in [4.69, 9.17) is 14.2 Å². The highest BCUT2D eigenvalue weighted by molar-refractivity contribution is 5.77. The minimum absolute atomic E-state index is 0.119. The molecule has 0 bridgehead atoms. The van der Waals surface area contributed by atoms with Crippen molar-refractivity contribution in [3.05, 3.63) is 17.7 Å². The average molecular weight is 274 g/mol. The summed E-state index contributed by atoms with van der Waals surface area (Å²) in [7, 11) is 0. The fourth-order valence-electron chi connectivity index (χ4n) is 3.73. The topological polar surface area (TPSA) is 44.8 Å². The van der Waals surface area contributed by atoms with E-state index in [0.717, 1.165) is 11.3 Å². The number of rotatable bonds is 1. The van der Waals surface area contributed by atoms with Crippen LogP contribution in [-0.2, 0) is 4.79 Å². The van der Waals surface area contributed by atoms with Gasteiger partial charge in [0.1, 0.15) is 5.75 Å². The summed E-state index contributed by atoms with van der Waals surface area (Å²) >= 11 is 0. The van der Waals surface area contributed by atoms with Gasteiger partial charge in [0, 0.05) is 17.5 Å². The molecule has 4 heteroatoms. The SMILES string of the molecule is O=C1C[C@H](C2CCCCC2)c2cc3c(cc2O1)OCO3. The fraction of sp³-hybridized carbons (Fsp3) is 0.562. The normalized spacial score (nSPS) is 25.2. The predicted octanol–water partition coefficient (Wildman–Crippen LogP) is 3.39. The lowest BCUT2D eigenvalue weighted by atomic mass is 9.74. The molecule has 0 amide bonds. The maximum absolute atomic E-state index is 11.9. The second-order valence-corrected chi connectivity index (χ2v) is 5.93. The third-order valence-electron chi connectivity index (χ3n) is 4.73. The molecule has 1 fully saturated rings. The summed E-state index contributed by atoms with van der Waals surface area (Å²) in [5.74, 6) is 2.88. The number of carbonyl (C=O) groups excluding carboxylic acids is 1. The Morgan fingerprint density at radius 3 is 2.50 bits per heavy atom. The lowest BCUT2D eigenvalue weighted by molar-refractivity contribution is -0.136. The Bertz CT molecular complexity index is 546. The number of hydrogen-bond acceptors (Lipinski definition) is 4. The maximum atomic E-state index is 11.9. The predicted molar refractivity (Wildman–Crippen MR) is 72.1 cm³/mol. The Hall–Kier alpha value is -1.71. The van der Waals surface area contributed by atoms with Crippen molar-refractivity contribution in [2.24, 2.45) is 5.92 Å². The highest BCUT2D eigenvalue weighted by Gasteiger charge is 2.35. The van der Waals surface area contributed by atoms with E-state index in [1.165, 1.54) is 32.1 Å². The highest BCUT2D eigenvalue weighted by atomic mass is 16.7. The molecule has 1 saturated carbocycles. The number of hydrogen-bond donors (Lipinski definition) is 0. The smallest absolute Gasteiger partial charge is 0.311 e. The molecule has 0 unspecified atom stereocenters. The summed E-state index contributed by atoms with van der Waals surface area (Å²) in [6.45, 7) is 0.250. The van der Waals surface area contributed by atoms with Crippen LogP contribution in [0.15, 0.2) is 12.1 Å². The van der Waals surface area contributed by atoms with Gasteiger partial charge in [-0.2, -0.15) is 0 Å². The van der Waals surface area contributed by atoms with Gasteiger partial charge in [-0.25, -0.2) is 0 Å². The molecule has 1 aromatic carbocycles. The van der Waals surface area contributed by atoms with Crippen LogP contribution in [0.5, 0.6) is 17.2 Å². The molecule has 0 spiro atoms. The number of carbonyl (C=O) groups is 1. The molecule has 1 aliphatic carbocycles. The van der Waals surface area contributed by atoms with Crippen LogP contribution in [0.25, 0.3) is 0 Å². The third-order valence-corrected chi connectivity index (χ3v) is 4.73. The molecule has 0 aromatic heterocycles. The van der Waals surface area contributed by atoms with E-state index in [2.05, 4.69) is 0 Å². The van der Waals surface area contributed by atoms with Gasteiger partial charge in [-0.05, 0) is 24.8 Å². The van der Waals surface area contributed by atoms with Crippen molar-refractivity contribution in [2.45, 2.75) is 44.4 Å². The van der Waals surface area contributed by atoms with Gasteiger partial charge in [-0.15, -0.1) is 0 Å². The summed E-state index contributed by atoms with van der Waals surface area (Å²) in [5.41, 5.74) is 1.13. The van der Waals surface area contributed by atoms with Crippen molar-refractivity contribution >= 4 is 5.97 Å². The van der Waals surface area contributed by atoms with Gasteiger partial charge in [-0.1, -0.05) is 19.3 Å². The molecular formula is C16H18O4. The highest BCUT2D eigenvalue weighted by Crippen LogP contribution is 2.48. The Morgan fingerprint density at radius 2 is 1.70 bits per heavy atom. The van der Waals surface area contributed by atoms with E-state index in [0.29, 0.717) is 23.8 Å². The monoisotopic (exact) mass is 274 g/mol. The molecule has 2 aliphatic heterocycles. The Morgan fingerprint density at radius 1 is 0.950 bits per heavy atom. The van der Waals surface area contributed by atoms with Crippen molar-refractivity contribution in [1.29, 1.82) is 0 Å². The first-order valence-electron chi connectivity index (χ1n) is 7.45. The minimum Gasteiger partial charge on any atom is -0.454 e. The van der Waals surface area contributed by atoms with Crippen LogP contribution < -0.4 is 14.2 Å². The van der Waals surface area contributed by atoms with Crippen LogP contribution in [0.4, 0.5) is 0 Å². The van der Waals surface area contributed by atoms with Crippen LogP contribution in [0.1, 0.15) is 50.0 Å². The van der Waals surface area contributed by atoms with Gasteiger partial charge in [0.15, 0.2) is 11.5 Å². The largest absolute Gasteiger partial charge is 0.454 e. The zero-order valence-electron chi connectivity index (χ0n) is 11.4. The second-order valence-electron chi connectivity index (χ2n) is 5.93. The number of benzene rings is 1. The molecule has 4 nitrogen and oxygen atoms in total. The number of esters is 1. The van der Waals surface area contributed by atoms with Crippen molar-refractivity contribution in [1.82, 2.24) is 0 Å². The Labute approximate surface area is 118 Å².